The van der Waals surface area contributed by atoms with E-state index in [2.05, 4.69) is 34.6 Å². The van der Waals surface area contributed by atoms with Gasteiger partial charge in [0.2, 0.25) is 0 Å². The van der Waals surface area contributed by atoms with E-state index in [9.17, 15) is 18.3 Å². The number of aromatic hydroxyl groups is 1. The predicted molar refractivity (Wildman–Crippen MR) is 111 cm³/mol. The second-order valence-electron chi connectivity index (χ2n) is 9.55. The number of alkyl halides is 3. The second-order valence-corrected chi connectivity index (χ2v) is 9.55. The Hall–Kier alpha value is -2.17. The van der Waals surface area contributed by atoms with Crippen molar-refractivity contribution in [3.63, 3.8) is 0 Å². The number of hydrogen-bond donors (Lipinski definition) is 1. The zero-order chi connectivity index (χ0) is 22.2. The summed E-state index contributed by atoms with van der Waals surface area (Å²) in [6.07, 6.45) is -4.50. The molecule has 5 heteroatoms. The van der Waals surface area contributed by atoms with Gasteiger partial charge in [-0.1, -0.05) is 54.5 Å². The summed E-state index contributed by atoms with van der Waals surface area (Å²) >= 11 is 0. The number of phenolic OH excluding ortho intramolecular Hbond substituents is 1. The fourth-order valence-corrected chi connectivity index (χ4v) is 3.46. The van der Waals surface area contributed by atoms with Gasteiger partial charge in [-0.15, -0.1) is 0 Å². The maximum atomic E-state index is 13.5. The SMILES string of the molecule is CC(C)c1ccc(OCC(C)(C)c2cc(O)ccc2C(F)(F)F)cc1C(C)(C)C. The summed E-state index contributed by atoms with van der Waals surface area (Å²) in [6.45, 7) is 14.1. The molecule has 0 saturated carbocycles. The van der Waals surface area contributed by atoms with Crippen LogP contribution in [0.5, 0.6) is 11.5 Å². The summed E-state index contributed by atoms with van der Waals surface area (Å²) in [5.41, 5.74) is 0.618. The molecule has 0 amide bonds. The molecule has 2 nitrogen and oxygen atoms in total. The van der Waals surface area contributed by atoms with Crippen LogP contribution in [0.15, 0.2) is 36.4 Å². The molecule has 0 aliphatic heterocycles. The standard InChI is InChI=1S/C24H31F3O2/c1-15(2)18-10-9-17(13-20(18)22(3,4)5)29-14-23(6,7)21-12-16(28)8-11-19(21)24(25,26)27/h8-13,15,28H,14H2,1-7H3. The van der Waals surface area contributed by atoms with Crippen LogP contribution >= 0.6 is 0 Å². The van der Waals surface area contributed by atoms with Gasteiger partial charge in [0.1, 0.15) is 11.5 Å². The summed E-state index contributed by atoms with van der Waals surface area (Å²) in [5.74, 6) is 0.787. The third-order valence-electron chi connectivity index (χ3n) is 5.09. The van der Waals surface area contributed by atoms with Crippen LogP contribution in [-0.2, 0) is 17.0 Å². The molecule has 0 atom stereocenters. The Balaban J connectivity index is 2.36. The van der Waals surface area contributed by atoms with Crippen molar-refractivity contribution in [1.82, 2.24) is 0 Å². The first-order valence-corrected chi connectivity index (χ1v) is 9.81. The molecule has 0 aromatic heterocycles. The van der Waals surface area contributed by atoms with Gasteiger partial charge in [-0.3, -0.25) is 0 Å². The van der Waals surface area contributed by atoms with E-state index < -0.39 is 17.2 Å². The molecule has 2 rings (SSSR count). The van der Waals surface area contributed by atoms with Crippen molar-refractivity contribution in [2.75, 3.05) is 6.61 Å². The minimum absolute atomic E-state index is 0.0137. The summed E-state index contributed by atoms with van der Waals surface area (Å²) in [5, 5.41) is 9.75. The van der Waals surface area contributed by atoms with Gasteiger partial charge in [-0.2, -0.15) is 13.2 Å². The molecule has 0 radical (unpaired) electrons. The molecular formula is C24H31F3O2. The van der Waals surface area contributed by atoms with Crippen molar-refractivity contribution in [1.29, 1.82) is 0 Å². The highest BCUT2D eigenvalue weighted by molar-refractivity contribution is 5.43. The Morgan fingerprint density at radius 1 is 0.862 bits per heavy atom. The van der Waals surface area contributed by atoms with Gasteiger partial charge in [0.15, 0.2) is 0 Å². The van der Waals surface area contributed by atoms with Crippen molar-refractivity contribution in [3.05, 3.63) is 58.7 Å². The van der Waals surface area contributed by atoms with E-state index in [0.29, 0.717) is 11.7 Å². The van der Waals surface area contributed by atoms with Crippen LogP contribution in [0.4, 0.5) is 13.2 Å². The molecule has 0 spiro atoms. The molecule has 2 aromatic carbocycles. The average Bonchev–Trinajstić information content (AvgIpc) is 2.57. The Kier molecular flexibility index (Phi) is 6.32. The van der Waals surface area contributed by atoms with Gasteiger partial charge in [0, 0.05) is 5.41 Å². The molecule has 1 N–H and O–H groups in total. The van der Waals surface area contributed by atoms with E-state index in [1.807, 2.05) is 18.2 Å². The first-order valence-electron chi connectivity index (χ1n) is 9.81. The Labute approximate surface area is 171 Å². The van der Waals surface area contributed by atoms with E-state index >= 15 is 0 Å². The van der Waals surface area contributed by atoms with Crippen LogP contribution < -0.4 is 4.74 Å². The maximum Gasteiger partial charge on any atom is 0.416 e. The molecule has 0 unspecified atom stereocenters. The number of benzene rings is 2. The van der Waals surface area contributed by atoms with E-state index in [4.69, 9.17) is 4.74 Å². The van der Waals surface area contributed by atoms with Crippen molar-refractivity contribution in [3.8, 4) is 11.5 Å². The fourth-order valence-electron chi connectivity index (χ4n) is 3.46. The zero-order valence-corrected chi connectivity index (χ0v) is 18.2. The molecule has 160 valence electrons. The van der Waals surface area contributed by atoms with E-state index in [-0.39, 0.29) is 23.3 Å². The number of rotatable bonds is 5. The number of halogens is 3. The highest BCUT2D eigenvalue weighted by atomic mass is 19.4. The molecule has 0 bridgehead atoms. The number of phenols is 1. The first-order chi connectivity index (χ1) is 13.1. The summed E-state index contributed by atoms with van der Waals surface area (Å²) in [6, 6.07) is 9.04. The van der Waals surface area contributed by atoms with Crippen LogP contribution in [0.25, 0.3) is 0 Å². The minimum Gasteiger partial charge on any atom is -0.508 e. The summed E-state index contributed by atoms with van der Waals surface area (Å²) < 4.78 is 46.3. The van der Waals surface area contributed by atoms with Gasteiger partial charge in [0.05, 0.1) is 12.2 Å². The second kappa shape index (κ2) is 7.92. The smallest absolute Gasteiger partial charge is 0.416 e. The first kappa shape index (κ1) is 23.1. The van der Waals surface area contributed by atoms with Crippen molar-refractivity contribution in [2.24, 2.45) is 0 Å². The average molecular weight is 409 g/mol. The lowest BCUT2D eigenvalue weighted by Crippen LogP contribution is -2.29. The van der Waals surface area contributed by atoms with Crippen LogP contribution in [0.3, 0.4) is 0 Å². The van der Waals surface area contributed by atoms with Crippen molar-refractivity contribution in [2.45, 2.75) is 71.4 Å². The largest absolute Gasteiger partial charge is 0.508 e. The predicted octanol–water partition coefficient (Wildman–Crippen LogP) is 7.19. The summed E-state index contributed by atoms with van der Waals surface area (Å²) in [7, 11) is 0. The van der Waals surface area contributed by atoms with Crippen LogP contribution in [0, 0.1) is 0 Å². The van der Waals surface area contributed by atoms with Gasteiger partial charge < -0.3 is 9.84 Å². The van der Waals surface area contributed by atoms with Crippen molar-refractivity contribution < 1.29 is 23.0 Å². The van der Waals surface area contributed by atoms with Crippen LogP contribution in [-0.4, -0.2) is 11.7 Å². The van der Waals surface area contributed by atoms with Gasteiger partial charge >= 0.3 is 6.18 Å². The van der Waals surface area contributed by atoms with Gasteiger partial charge in [-0.25, -0.2) is 0 Å². The monoisotopic (exact) mass is 408 g/mol. The zero-order valence-electron chi connectivity index (χ0n) is 18.2. The van der Waals surface area contributed by atoms with Crippen molar-refractivity contribution >= 4 is 0 Å². The highest BCUT2D eigenvalue weighted by Gasteiger charge is 2.38. The van der Waals surface area contributed by atoms with E-state index in [0.717, 1.165) is 17.7 Å². The molecule has 0 aliphatic carbocycles. The molecule has 2 aromatic rings. The Morgan fingerprint density at radius 2 is 1.48 bits per heavy atom. The number of ether oxygens (including phenoxy) is 1. The van der Waals surface area contributed by atoms with Crippen LogP contribution in [0.1, 0.15) is 76.6 Å². The van der Waals surface area contributed by atoms with E-state index in [1.54, 1.807) is 13.8 Å². The quantitative estimate of drug-likeness (QED) is 0.567. The minimum atomic E-state index is -4.50. The normalized spacial score (nSPS) is 13.1. The third-order valence-corrected chi connectivity index (χ3v) is 5.09. The topological polar surface area (TPSA) is 29.5 Å². The Morgan fingerprint density at radius 3 is 2.00 bits per heavy atom. The molecule has 0 fully saturated rings. The van der Waals surface area contributed by atoms with E-state index in [1.165, 1.54) is 11.6 Å². The Bertz CT molecular complexity index is 859. The fraction of sp³-hybridized carbons (Fsp3) is 0.500. The van der Waals surface area contributed by atoms with Gasteiger partial charge in [0.25, 0.3) is 0 Å². The van der Waals surface area contributed by atoms with Gasteiger partial charge in [-0.05, 0) is 58.4 Å². The molecule has 0 saturated heterocycles. The molecule has 0 aliphatic rings. The lowest BCUT2D eigenvalue weighted by atomic mass is 9.80. The molecule has 29 heavy (non-hydrogen) atoms. The maximum absolute atomic E-state index is 13.5. The lowest BCUT2D eigenvalue weighted by molar-refractivity contribution is -0.138. The third kappa shape index (κ3) is 5.46. The summed E-state index contributed by atoms with van der Waals surface area (Å²) in [4.78, 5) is 0. The molecule has 0 heterocycles. The highest BCUT2D eigenvalue weighted by Crippen LogP contribution is 2.40. The molecular weight excluding hydrogens is 377 g/mol. The number of hydrogen-bond acceptors (Lipinski definition) is 2. The lowest BCUT2D eigenvalue weighted by Gasteiger charge is -2.30. The van der Waals surface area contributed by atoms with Crippen LogP contribution in [0.2, 0.25) is 0 Å².